The molecule has 1 saturated carbocycles. The average Bonchev–Trinajstić information content (AvgIpc) is 2.50. The van der Waals surface area contributed by atoms with Gasteiger partial charge >= 0.3 is 0 Å². The van der Waals surface area contributed by atoms with Gasteiger partial charge in [-0.3, -0.25) is 4.98 Å². The maximum Gasteiger partial charge on any atom is 0.130 e. The first-order chi connectivity index (χ1) is 10.7. The maximum atomic E-state index is 9.24. The Hall–Kier alpha value is -2.01. The minimum Gasteiger partial charge on any atom is -0.396 e. The molecule has 0 atom stereocenters. The Morgan fingerprint density at radius 1 is 1.23 bits per heavy atom. The number of rotatable bonds is 6. The molecule has 2 N–H and O–H groups in total. The summed E-state index contributed by atoms with van der Waals surface area (Å²) < 4.78 is 0. The van der Waals surface area contributed by atoms with E-state index in [4.69, 9.17) is 0 Å². The van der Waals surface area contributed by atoms with Gasteiger partial charge in [0, 0.05) is 25.4 Å². The minimum absolute atomic E-state index is 0.235. The Morgan fingerprint density at radius 3 is 2.73 bits per heavy atom. The molecule has 0 aromatic carbocycles. The van der Waals surface area contributed by atoms with Gasteiger partial charge in [0.25, 0.3) is 0 Å². The highest BCUT2D eigenvalue weighted by atomic mass is 16.3. The largest absolute Gasteiger partial charge is 0.396 e. The molecule has 5 nitrogen and oxygen atoms in total. The van der Waals surface area contributed by atoms with Crippen molar-refractivity contribution < 1.29 is 5.11 Å². The number of aromatic nitrogens is 3. The van der Waals surface area contributed by atoms with E-state index in [0.717, 1.165) is 36.0 Å². The molecule has 0 radical (unpaired) electrons. The lowest BCUT2D eigenvalue weighted by Crippen LogP contribution is -2.37. The Kier molecular flexibility index (Phi) is 4.34. The van der Waals surface area contributed by atoms with E-state index in [1.807, 2.05) is 31.2 Å². The van der Waals surface area contributed by atoms with Crippen LogP contribution in [0.15, 0.2) is 30.5 Å². The molecule has 2 aromatic rings. The predicted octanol–water partition coefficient (Wildman–Crippen LogP) is 2.81. The van der Waals surface area contributed by atoms with Gasteiger partial charge < -0.3 is 10.4 Å². The summed E-state index contributed by atoms with van der Waals surface area (Å²) in [4.78, 5) is 13.3. The molecule has 116 valence electrons. The van der Waals surface area contributed by atoms with Gasteiger partial charge in [-0.1, -0.05) is 12.5 Å². The summed E-state index contributed by atoms with van der Waals surface area (Å²) in [5.74, 6) is 1.56. The number of hydrogen-bond donors (Lipinski definition) is 2. The second kappa shape index (κ2) is 6.40. The van der Waals surface area contributed by atoms with Crippen molar-refractivity contribution >= 4 is 5.82 Å². The van der Waals surface area contributed by atoms with E-state index in [1.165, 1.54) is 19.3 Å². The third-order valence-corrected chi connectivity index (χ3v) is 4.47. The molecule has 1 fully saturated rings. The predicted molar refractivity (Wildman–Crippen MR) is 86.5 cm³/mol. The summed E-state index contributed by atoms with van der Waals surface area (Å²) in [6.07, 6.45) is 6.24. The van der Waals surface area contributed by atoms with Gasteiger partial charge in [-0.15, -0.1) is 0 Å². The Labute approximate surface area is 130 Å². The van der Waals surface area contributed by atoms with Crippen LogP contribution in [0.2, 0.25) is 0 Å². The average molecular weight is 298 g/mol. The summed E-state index contributed by atoms with van der Waals surface area (Å²) in [5.41, 5.74) is 1.92. The molecule has 5 heteroatoms. The number of anilines is 1. The van der Waals surface area contributed by atoms with E-state index in [2.05, 4.69) is 20.3 Å². The molecule has 1 aliphatic rings. The number of aliphatic hydroxyl groups excluding tert-OH is 1. The maximum absolute atomic E-state index is 9.24. The van der Waals surface area contributed by atoms with Crippen LogP contribution in [0, 0.1) is 12.3 Å². The lowest BCUT2D eigenvalue weighted by atomic mass is 9.67. The normalized spacial score (nSPS) is 16.1. The number of aryl methyl sites for hydroxylation is 1. The van der Waals surface area contributed by atoms with Crippen LogP contribution < -0.4 is 5.32 Å². The minimum atomic E-state index is 0.235. The zero-order chi connectivity index (χ0) is 15.4. The standard InChI is InChI=1S/C17H22N4O/c1-13-20-15(14-5-2-3-9-18-14)11-16(21-13)19-12-17(8-10-22)6-4-7-17/h2-3,5,9,11,22H,4,6-8,10,12H2,1H3,(H,19,20,21). The van der Waals surface area contributed by atoms with Gasteiger partial charge in [0.2, 0.25) is 0 Å². The number of hydrogen-bond acceptors (Lipinski definition) is 5. The molecular weight excluding hydrogens is 276 g/mol. The first-order valence-electron chi connectivity index (χ1n) is 7.83. The summed E-state index contributed by atoms with van der Waals surface area (Å²) in [6, 6.07) is 7.74. The molecule has 0 unspecified atom stereocenters. The SMILES string of the molecule is Cc1nc(NCC2(CCO)CCC2)cc(-c2ccccn2)n1. The molecule has 0 aliphatic heterocycles. The number of nitrogens with one attached hydrogen (secondary N) is 1. The van der Waals surface area contributed by atoms with Crippen molar-refractivity contribution in [1.82, 2.24) is 15.0 Å². The lowest BCUT2D eigenvalue weighted by molar-refractivity contribution is 0.101. The van der Waals surface area contributed by atoms with Crippen molar-refractivity contribution in [2.75, 3.05) is 18.5 Å². The summed E-state index contributed by atoms with van der Waals surface area (Å²) >= 11 is 0. The Balaban J connectivity index is 1.75. The summed E-state index contributed by atoms with van der Waals surface area (Å²) in [6.45, 7) is 3.00. The molecule has 3 rings (SSSR count). The van der Waals surface area contributed by atoms with Crippen LogP contribution in [0.5, 0.6) is 0 Å². The van der Waals surface area contributed by atoms with Gasteiger partial charge in [-0.25, -0.2) is 9.97 Å². The van der Waals surface area contributed by atoms with E-state index in [1.54, 1.807) is 6.20 Å². The fourth-order valence-corrected chi connectivity index (χ4v) is 3.01. The zero-order valence-electron chi connectivity index (χ0n) is 12.9. The van der Waals surface area contributed by atoms with Crippen molar-refractivity contribution in [3.63, 3.8) is 0 Å². The molecule has 0 saturated heterocycles. The van der Waals surface area contributed by atoms with Crippen LogP contribution >= 0.6 is 0 Å². The van der Waals surface area contributed by atoms with Gasteiger partial charge in [-0.05, 0) is 43.7 Å². The molecule has 22 heavy (non-hydrogen) atoms. The van der Waals surface area contributed by atoms with E-state index in [0.29, 0.717) is 0 Å². The number of pyridine rings is 1. The van der Waals surface area contributed by atoms with Crippen molar-refractivity contribution in [2.45, 2.75) is 32.6 Å². The van der Waals surface area contributed by atoms with Crippen LogP contribution in [0.4, 0.5) is 5.82 Å². The van der Waals surface area contributed by atoms with E-state index >= 15 is 0 Å². The first kappa shape index (κ1) is 14.9. The van der Waals surface area contributed by atoms with E-state index in [9.17, 15) is 5.11 Å². The van der Waals surface area contributed by atoms with Crippen molar-refractivity contribution in [3.8, 4) is 11.4 Å². The highest BCUT2D eigenvalue weighted by Crippen LogP contribution is 2.43. The summed E-state index contributed by atoms with van der Waals surface area (Å²) in [5, 5.41) is 12.7. The highest BCUT2D eigenvalue weighted by molar-refractivity contribution is 5.58. The molecule has 0 amide bonds. The van der Waals surface area contributed by atoms with Gasteiger partial charge in [-0.2, -0.15) is 0 Å². The second-order valence-corrected chi connectivity index (χ2v) is 6.08. The van der Waals surface area contributed by atoms with Gasteiger partial charge in [0.15, 0.2) is 0 Å². The monoisotopic (exact) mass is 298 g/mol. The third-order valence-electron chi connectivity index (χ3n) is 4.47. The molecule has 0 spiro atoms. The fourth-order valence-electron chi connectivity index (χ4n) is 3.01. The molecule has 1 aliphatic carbocycles. The van der Waals surface area contributed by atoms with Gasteiger partial charge in [0.1, 0.15) is 11.6 Å². The summed E-state index contributed by atoms with van der Waals surface area (Å²) in [7, 11) is 0. The highest BCUT2D eigenvalue weighted by Gasteiger charge is 2.36. The van der Waals surface area contributed by atoms with Crippen molar-refractivity contribution in [2.24, 2.45) is 5.41 Å². The van der Waals surface area contributed by atoms with Crippen molar-refractivity contribution in [3.05, 3.63) is 36.3 Å². The van der Waals surface area contributed by atoms with E-state index < -0.39 is 0 Å². The van der Waals surface area contributed by atoms with Crippen LogP contribution in [0.3, 0.4) is 0 Å². The van der Waals surface area contributed by atoms with Crippen LogP contribution in [0.1, 0.15) is 31.5 Å². The zero-order valence-corrected chi connectivity index (χ0v) is 12.9. The Bertz CT molecular complexity index is 626. The molecule has 2 heterocycles. The number of nitrogens with zero attached hydrogens (tertiary/aromatic N) is 3. The van der Waals surface area contributed by atoms with Crippen LogP contribution in [-0.2, 0) is 0 Å². The molecule has 2 aromatic heterocycles. The fraction of sp³-hybridized carbons (Fsp3) is 0.471. The second-order valence-electron chi connectivity index (χ2n) is 6.08. The van der Waals surface area contributed by atoms with Gasteiger partial charge in [0.05, 0.1) is 11.4 Å². The van der Waals surface area contributed by atoms with Crippen LogP contribution in [-0.4, -0.2) is 33.2 Å². The Morgan fingerprint density at radius 2 is 2.09 bits per heavy atom. The topological polar surface area (TPSA) is 70.9 Å². The van der Waals surface area contributed by atoms with Crippen LogP contribution in [0.25, 0.3) is 11.4 Å². The van der Waals surface area contributed by atoms with E-state index in [-0.39, 0.29) is 12.0 Å². The molecule has 0 bridgehead atoms. The first-order valence-corrected chi connectivity index (χ1v) is 7.83. The third kappa shape index (κ3) is 3.25. The molecular formula is C17H22N4O. The number of aliphatic hydroxyl groups is 1. The quantitative estimate of drug-likeness (QED) is 0.858. The lowest BCUT2D eigenvalue weighted by Gasteiger charge is -2.42. The van der Waals surface area contributed by atoms with Crippen molar-refractivity contribution in [1.29, 1.82) is 0 Å². The smallest absolute Gasteiger partial charge is 0.130 e.